The van der Waals surface area contributed by atoms with Crippen LogP contribution in [0.1, 0.15) is 28.0 Å². The number of carbonyl (C=O) groups excluding carboxylic acids is 2. The molecule has 2 aromatic heterocycles. The Labute approximate surface area is 177 Å². The lowest BCUT2D eigenvalue weighted by Crippen LogP contribution is -2.38. The van der Waals surface area contributed by atoms with Crippen LogP contribution in [0.4, 0.5) is 15.6 Å². The summed E-state index contributed by atoms with van der Waals surface area (Å²) in [6.07, 6.45) is 2.21. The van der Waals surface area contributed by atoms with Crippen molar-refractivity contribution in [3.05, 3.63) is 64.9 Å². The molecule has 3 heterocycles. The van der Waals surface area contributed by atoms with E-state index in [1.807, 2.05) is 31.2 Å². The van der Waals surface area contributed by atoms with E-state index in [1.54, 1.807) is 29.3 Å². The fourth-order valence-corrected chi connectivity index (χ4v) is 4.10. The maximum Gasteiger partial charge on any atom is 0.322 e. The number of ether oxygens (including phenoxy) is 1. The zero-order valence-corrected chi connectivity index (χ0v) is 17.2. The number of hydrogen-bond acceptors (Lipinski definition) is 6. The van der Waals surface area contributed by atoms with Crippen molar-refractivity contribution in [2.24, 2.45) is 0 Å². The van der Waals surface area contributed by atoms with Crippen molar-refractivity contribution in [1.29, 1.82) is 0 Å². The van der Waals surface area contributed by atoms with Crippen molar-refractivity contribution >= 4 is 34.1 Å². The van der Waals surface area contributed by atoms with E-state index in [4.69, 9.17) is 4.74 Å². The van der Waals surface area contributed by atoms with Crippen LogP contribution in [0.5, 0.6) is 5.75 Å². The summed E-state index contributed by atoms with van der Waals surface area (Å²) in [5.41, 5.74) is 1.96. The summed E-state index contributed by atoms with van der Waals surface area (Å²) in [4.78, 5) is 36.2. The third-order valence-electron chi connectivity index (χ3n) is 4.55. The normalized spacial score (nSPS) is 12.8. The standard InChI is InChI=1S/C21H21N5O3S/c1-2-29-15-8-6-14(7-9-15)23-21(28)26-12-10-16-18(13-26)30-20(24-16)25-19(27)17-5-3-4-11-22-17/h3-9,11H,2,10,12-13H2,1H3,(H,23,28)(H,24,25,27). The van der Waals surface area contributed by atoms with Gasteiger partial charge in [-0.25, -0.2) is 9.78 Å². The van der Waals surface area contributed by atoms with Crippen LogP contribution in [0.3, 0.4) is 0 Å². The first-order valence-electron chi connectivity index (χ1n) is 9.62. The molecule has 3 amide bonds. The van der Waals surface area contributed by atoms with Crippen LogP contribution >= 0.6 is 11.3 Å². The smallest absolute Gasteiger partial charge is 0.322 e. The van der Waals surface area contributed by atoms with Gasteiger partial charge in [0.25, 0.3) is 5.91 Å². The van der Waals surface area contributed by atoms with Crippen molar-refractivity contribution in [2.75, 3.05) is 23.8 Å². The van der Waals surface area contributed by atoms with Gasteiger partial charge in [-0.15, -0.1) is 0 Å². The van der Waals surface area contributed by atoms with E-state index in [-0.39, 0.29) is 11.9 Å². The summed E-state index contributed by atoms with van der Waals surface area (Å²) in [6, 6.07) is 12.3. The van der Waals surface area contributed by atoms with Crippen LogP contribution in [0, 0.1) is 0 Å². The number of benzene rings is 1. The molecule has 0 saturated carbocycles. The number of fused-ring (bicyclic) bond motifs is 1. The highest BCUT2D eigenvalue weighted by Crippen LogP contribution is 2.29. The van der Waals surface area contributed by atoms with E-state index in [0.29, 0.717) is 42.6 Å². The Balaban J connectivity index is 1.37. The molecule has 1 aliphatic rings. The second kappa shape index (κ2) is 8.91. The summed E-state index contributed by atoms with van der Waals surface area (Å²) in [7, 11) is 0. The number of pyridine rings is 1. The highest BCUT2D eigenvalue weighted by molar-refractivity contribution is 7.15. The Hall–Kier alpha value is -3.46. The summed E-state index contributed by atoms with van der Waals surface area (Å²) in [5, 5.41) is 6.22. The molecule has 0 atom stereocenters. The number of nitrogens with zero attached hydrogens (tertiary/aromatic N) is 3. The van der Waals surface area contributed by atoms with E-state index in [0.717, 1.165) is 16.3 Å². The van der Waals surface area contributed by atoms with E-state index in [2.05, 4.69) is 20.6 Å². The molecule has 4 rings (SSSR count). The van der Waals surface area contributed by atoms with Gasteiger partial charge in [0.05, 0.1) is 18.8 Å². The first-order valence-corrected chi connectivity index (χ1v) is 10.4. The maximum absolute atomic E-state index is 12.6. The minimum atomic E-state index is -0.299. The fraction of sp³-hybridized carbons (Fsp3) is 0.238. The van der Waals surface area contributed by atoms with Gasteiger partial charge in [0.1, 0.15) is 11.4 Å². The predicted octanol–water partition coefficient (Wildman–Crippen LogP) is 3.78. The summed E-state index contributed by atoms with van der Waals surface area (Å²) >= 11 is 1.38. The number of nitrogens with one attached hydrogen (secondary N) is 2. The fourth-order valence-electron chi connectivity index (χ4n) is 3.08. The molecule has 154 valence electrons. The number of carbonyl (C=O) groups is 2. The molecule has 8 nitrogen and oxygen atoms in total. The molecule has 1 aromatic carbocycles. The summed E-state index contributed by atoms with van der Waals surface area (Å²) < 4.78 is 5.42. The minimum absolute atomic E-state index is 0.169. The molecule has 0 spiro atoms. The Morgan fingerprint density at radius 1 is 1.17 bits per heavy atom. The average Bonchev–Trinajstić information content (AvgIpc) is 3.17. The second-order valence-electron chi connectivity index (χ2n) is 6.62. The monoisotopic (exact) mass is 423 g/mol. The summed E-state index contributed by atoms with van der Waals surface area (Å²) in [5.74, 6) is 0.467. The molecule has 9 heteroatoms. The van der Waals surface area contributed by atoms with Crippen LogP contribution in [0.2, 0.25) is 0 Å². The van der Waals surface area contributed by atoms with Gasteiger partial charge in [0, 0.05) is 29.7 Å². The molecule has 2 N–H and O–H groups in total. The highest BCUT2D eigenvalue weighted by Gasteiger charge is 2.25. The van der Waals surface area contributed by atoms with Gasteiger partial charge in [-0.3, -0.25) is 15.1 Å². The number of urea groups is 1. The van der Waals surface area contributed by atoms with Crippen LogP contribution in [0.15, 0.2) is 48.7 Å². The zero-order valence-electron chi connectivity index (χ0n) is 16.4. The Bertz CT molecular complexity index is 1040. The molecule has 0 bridgehead atoms. The largest absolute Gasteiger partial charge is 0.494 e. The van der Waals surface area contributed by atoms with Crippen molar-refractivity contribution in [3.8, 4) is 5.75 Å². The molecule has 0 aliphatic carbocycles. The first kappa shape index (κ1) is 19.8. The van der Waals surface area contributed by atoms with Gasteiger partial charge < -0.3 is 15.0 Å². The van der Waals surface area contributed by atoms with E-state index in [1.165, 1.54) is 11.3 Å². The number of anilines is 2. The number of rotatable bonds is 5. The van der Waals surface area contributed by atoms with Gasteiger partial charge in [-0.05, 0) is 43.3 Å². The van der Waals surface area contributed by atoms with Crippen molar-refractivity contribution in [1.82, 2.24) is 14.9 Å². The van der Waals surface area contributed by atoms with E-state index < -0.39 is 0 Å². The van der Waals surface area contributed by atoms with Crippen LogP contribution in [-0.2, 0) is 13.0 Å². The number of thiazole rings is 1. The van der Waals surface area contributed by atoms with Gasteiger partial charge in [-0.2, -0.15) is 0 Å². The van der Waals surface area contributed by atoms with Crippen LogP contribution in [-0.4, -0.2) is 40.0 Å². The zero-order chi connectivity index (χ0) is 20.9. The summed E-state index contributed by atoms with van der Waals surface area (Å²) in [6.45, 7) is 3.54. The molecular formula is C21H21N5O3S. The highest BCUT2D eigenvalue weighted by atomic mass is 32.1. The molecule has 30 heavy (non-hydrogen) atoms. The number of hydrogen-bond donors (Lipinski definition) is 2. The van der Waals surface area contributed by atoms with Gasteiger partial charge in [0.15, 0.2) is 5.13 Å². The maximum atomic E-state index is 12.6. The van der Waals surface area contributed by atoms with E-state index in [9.17, 15) is 9.59 Å². The lowest BCUT2D eigenvalue weighted by Gasteiger charge is -2.26. The lowest BCUT2D eigenvalue weighted by atomic mass is 10.2. The molecule has 0 fully saturated rings. The number of amides is 3. The Morgan fingerprint density at radius 2 is 2.00 bits per heavy atom. The van der Waals surface area contributed by atoms with Crippen molar-refractivity contribution in [2.45, 2.75) is 19.9 Å². The number of aromatic nitrogens is 2. The average molecular weight is 423 g/mol. The van der Waals surface area contributed by atoms with Crippen LogP contribution < -0.4 is 15.4 Å². The van der Waals surface area contributed by atoms with Crippen LogP contribution in [0.25, 0.3) is 0 Å². The van der Waals surface area contributed by atoms with E-state index >= 15 is 0 Å². The van der Waals surface area contributed by atoms with Gasteiger partial charge in [0.2, 0.25) is 0 Å². The third kappa shape index (κ3) is 4.57. The Kier molecular flexibility index (Phi) is 5.89. The second-order valence-corrected chi connectivity index (χ2v) is 7.70. The molecular weight excluding hydrogens is 402 g/mol. The topological polar surface area (TPSA) is 96.5 Å². The predicted molar refractivity (Wildman–Crippen MR) is 115 cm³/mol. The quantitative estimate of drug-likeness (QED) is 0.651. The van der Waals surface area contributed by atoms with Gasteiger partial charge >= 0.3 is 6.03 Å². The molecule has 1 aliphatic heterocycles. The lowest BCUT2D eigenvalue weighted by molar-refractivity contribution is 0.102. The van der Waals surface area contributed by atoms with Crippen molar-refractivity contribution in [3.63, 3.8) is 0 Å². The first-order chi connectivity index (χ1) is 14.6. The minimum Gasteiger partial charge on any atom is -0.494 e. The van der Waals surface area contributed by atoms with Gasteiger partial charge in [-0.1, -0.05) is 17.4 Å². The van der Waals surface area contributed by atoms with Crippen molar-refractivity contribution < 1.29 is 14.3 Å². The third-order valence-corrected chi connectivity index (χ3v) is 5.55. The SMILES string of the molecule is CCOc1ccc(NC(=O)N2CCc3nc(NC(=O)c4ccccn4)sc3C2)cc1. The molecule has 0 unspecified atom stereocenters. The Morgan fingerprint density at radius 3 is 2.73 bits per heavy atom. The molecule has 3 aromatic rings. The molecule has 0 radical (unpaired) electrons. The molecule has 0 saturated heterocycles.